The molecule has 1 heteroatoms. The summed E-state index contributed by atoms with van der Waals surface area (Å²) < 4.78 is 0. The van der Waals surface area contributed by atoms with Gasteiger partial charge in [0.05, 0.1) is 0 Å². The third-order valence-corrected chi connectivity index (χ3v) is 2.59. The minimum Gasteiger partial charge on any atom is -0.292 e. The average molecular weight is 227 g/mol. The second-order valence-corrected chi connectivity index (χ2v) is 4.46. The number of aliphatic imine (C=N–C) groups is 1. The van der Waals surface area contributed by atoms with E-state index >= 15 is 0 Å². The maximum Gasteiger partial charge on any atom is 0.0429 e. The molecule has 0 aliphatic heterocycles. The Hall–Kier alpha value is -1.63. The van der Waals surface area contributed by atoms with Crippen LogP contribution in [-0.2, 0) is 6.42 Å². The van der Waals surface area contributed by atoms with Gasteiger partial charge in [0, 0.05) is 12.8 Å². The molecule has 0 bridgehead atoms. The highest BCUT2D eigenvalue weighted by atomic mass is 14.7. The molecule has 0 N–H and O–H groups in total. The summed E-state index contributed by atoms with van der Waals surface area (Å²) in [5, 5.41) is 0. The number of nitrogens with zero attached hydrogens (tertiary/aromatic N) is 1. The maximum atomic E-state index is 4.47. The normalized spacial score (nSPS) is 10.5. The van der Waals surface area contributed by atoms with Gasteiger partial charge in [-0.25, -0.2) is 0 Å². The number of allylic oxidation sites excluding steroid dienone is 3. The molecule has 0 aliphatic carbocycles. The van der Waals surface area contributed by atoms with Crippen molar-refractivity contribution in [3.63, 3.8) is 0 Å². The van der Waals surface area contributed by atoms with Crippen LogP contribution in [0.1, 0.15) is 26.3 Å². The molecule has 17 heavy (non-hydrogen) atoms. The lowest BCUT2D eigenvalue weighted by Crippen LogP contribution is -1.93. The lowest BCUT2D eigenvalue weighted by Gasteiger charge is -2.03. The summed E-state index contributed by atoms with van der Waals surface area (Å²) in [4.78, 5) is 4.47. The fourth-order valence-corrected chi connectivity index (χ4v) is 1.66. The van der Waals surface area contributed by atoms with Gasteiger partial charge < -0.3 is 0 Å². The Bertz CT molecular complexity index is 420. The summed E-state index contributed by atoms with van der Waals surface area (Å²) in [6, 6.07) is 10.4. The molecule has 0 heterocycles. The Morgan fingerprint density at radius 2 is 1.82 bits per heavy atom. The van der Waals surface area contributed by atoms with Crippen molar-refractivity contribution in [1.29, 1.82) is 0 Å². The Morgan fingerprint density at radius 3 is 2.35 bits per heavy atom. The Kier molecular flexibility index (Phi) is 5.41. The van der Waals surface area contributed by atoms with Crippen LogP contribution in [0.3, 0.4) is 0 Å². The van der Waals surface area contributed by atoms with Crippen molar-refractivity contribution in [3.05, 3.63) is 59.2 Å². The van der Waals surface area contributed by atoms with Crippen LogP contribution in [0, 0.1) is 0 Å². The van der Waals surface area contributed by atoms with E-state index in [1.807, 2.05) is 19.2 Å². The fraction of sp³-hybridized carbons (Fsp3) is 0.312. The third kappa shape index (κ3) is 4.81. The van der Waals surface area contributed by atoms with Crippen LogP contribution in [-0.4, -0.2) is 12.8 Å². The molecule has 1 aromatic carbocycles. The van der Waals surface area contributed by atoms with Crippen molar-refractivity contribution in [2.45, 2.75) is 27.2 Å². The fourth-order valence-electron chi connectivity index (χ4n) is 1.66. The summed E-state index contributed by atoms with van der Waals surface area (Å²) in [5.74, 6) is 0. The minimum atomic E-state index is 0.827. The van der Waals surface area contributed by atoms with E-state index in [4.69, 9.17) is 0 Å². The first-order valence-corrected chi connectivity index (χ1v) is 5.98. The summed E-state index contributed by atoms with van der Waals surface area (Å²) in [5.41, 5.74) is 4.84. The topological polar surface area (TPSA) is 12.4 Å². The van der Waals surface area contributed by atoms with E-state index in [-0.39, 0.29) is 0 Å². The van der Waals surface area contributed by atoms with Crippen molar-refractivity contribution >= 4 is 6.21 Å². The van der Waals surface area contributed by atoms with Gasteiger partial charge in [-0.3, -0.25) is 4.99 Å². The predicted molar refractivity (Wildman–Crippen MR) is 76.7 cm³/mol. The van der Waals surface area contributed by atoms with E-state index in [1.54, 1.807) is 0 Å². The largest absolute Gasteiger partial charge is 0.292 e. The highest BCUT2D eigenvalue weighted by molar-refractivity contribution is 5.85. The quantitative estimate of drug-likeness (QED) is 0.528. The highest BCUT2D eigenvalue weighted by Gasteiger charge is 1.96. The van der Waals surface area contributed by atoms with Crippen LogP contribution in [0.5, 0.6) is 0 Å². The molecule has 0 spiro atoms. The maximum absolute atomic E-state index is 4.47. The summed E-state index contributed by atoms with van der Waals surface area (Å²) in [6.07, 6.45) is 2.93. The van der Waals surface area contributed by atoms with E-state index < -0.39 is 0 Å². The van der Waals surface area contributed by atoms with Crippen LogP contribution in [0.2, 0.25) is 0 Å². The molecule has 0 aliphatic rings. The lowest BCUT2D eigenvalue weighted by molar-refractivity contribution is 0.972. The van der Waals surface area contributed by atoms with E-state index in [0.717, 1.165) is 24.1 Å². The van der Waals surface area contributed by atoms with Gasteiger partial charge >= 0.3 is 0 Å². The second kappa shape index (κ2) is 6.85. The third-order valence-electron chi connectivity index (χ3n) is 2.59. The van der Waals surface area contributed by atoms with Crippen molar-refractivity contribution in [3.8, 4) is 0 Å². The molecule has 0 aromatic heterocycles. The summed E-state index contributed by atoms with van der Waals surface area (Å²) >= 11 is 0. The van der Waals surface area contributed by atoms with Gasteiger partial charge in [0.25, 0.3) is 0 Å². The molecule has 0 fully saturated rings. The SMILES string of the molecule is C=C(C)C(/C=N\CCc1ccccc1)=C(C)C. The smallest absolute Gasteiger partial charge is 0.0429 e. The van der Waals surface area contributed by atoms with Crippen molar-refractivity contribution in [2.75, 3.05) is 6.54 Å². The van der Waals surface area contributed by atoms with Crippen LogP contribution in [0.15, 0.2) is 58.6 Å². The molecule has 0 saturated carbocycles. The van der Waals surface area contributed by atoms with Crippen LogP contribution >= 0.6 is 0 Å². The van der Waals surface area contributed by atoms with Crippen LogP contribution in [0.25, 0.3) is 0 Å². The average Bonchev–Trinajstić information content (AvgIpc) is 2.29. The van der Waals surface area contributed by atoms with Gasteiger partial charge in [-0.05, 0) is 43.9 Å². The molecule has 90 valence electrons. The molecule has 0 unspecified atom stereocenters. The zero-order chi connectivity index (χ0) is 12.7. The Morgan fingerprint density at radius 1 is 1.18 bits per heavy atom. The zero-order valence-electron chi connectivity index (χ0n) is 11.0. The first-order chi connectivity index (χ1) is 8.11. The van der Waals surface area contributed by atoms with E-state index in [9.17, 15) is 0 Å². The number of benzene rings is 1. The van der Waals surface area contributed by atoms with Crippen LogP contribution < -0.4 is 0 Å². The van der Waals surface area contributed by atoms with Crippen molar-refractivity contribution in [1.82, 2.24) is 0 Å². The van der Waals surface area contributed by atoms with Crippen LogP contribution in [0.4, 0.5) is 0 Å². The first-order valence-electron chi connectivity index (χ1n) is 5.98. The molecule has 0 radical (unpaired) electrons. The molecule has 1 nitrogen and oxygen atoms in total. The minimum absolute atomic E-state index is 0.827. The van der Waals surface area contributed by atoms with Gasteiger partial charge in [0.15, 0.2) is 0 Å². The monoisotopic (exact) mass is 227 g/mol. The summed E-state index contributed by atoms with van der Waals surface area (Å²) in [6.45, 7) is 11.0. The van der Waals surface area contributed by atoms with Gasteiger partial charge in [-0.1, -0.05) is 42.5 Å². The molecule has 0 amide bonds. The van der Waals surface area contributed by atoms with E-state index in [1.165, 1.54) is 11.1 Å². The van der Waals surface area contributed by atoms with Gasteiger partial charge in [-0.2, -0.15) is 0 Å². The first kappa shape index (κ1) is 13.4. The molecule has 1 aromatic rings. The van der Waals surface area contributed by atoms with Crippen molar-refractivity contribution in [2.24, 2.45) is 4.99 Å². The molecule has 0 atom stereocenters. The van der Waals surface area contributed by atoms with E-state index in [0.29, 0.717) is 0 Å². The molecular weight excluding hydrogens is 206 g/mol. The molecular formula is C16H21N. The standard InChI is InChI=1S/C16H21N/c1-13(2)16(14(3)4)12-17-11-10-15-8-6-5-7-9-15/h5-9,12H,1,10-11H2,2-4H3/b17-12-. The predicted octanol–water partition coefficient (Wildman–Crippen LogP) is 4.21. The summed E-state index contributed by atoms with van der Waals surface area (Å²) in [7, 11) is 0. The number of rotatable bonds is 5. The molecule has 1 rings (SSSR count). The molecule has 0 saturated heterocycles. The lowest BCUT2D eigenvalue weighted by atomic mass is 10.1. The Labute approximate surface area is 105 Å². The van der Waals surface area contributed by atoms with Gasteiger partial charge in [0.1, 0.15) is 0 Å². The highest BCUT2D eigenvalue weighted by Crippen LogP contribution is 2.09. The number of hydrogen-bond donors (Lipinski definition) is 0. The van der Waals surface area contributed by atoms with Gasteiger partial charge in [0.2, 0.25) is 0 Å². The van der Waals surface area contributed by atoms with Crippen molar-refractivity contribution < 1.29 is 0 Å². The second-order valence-electron chi connectivity index (χ2n) is 4.46. The number of hydrogen-bond acceptors (Lipinski definition) is 1. The zero-order valence-corrected chi connectivity index (χ0v) is 11.0. The Balaban J connectivity index is 2.51. The van der Waals surface area contributed by atoms with Gasteiger partial charge in [-0.15, -0.1) is 0 Å². The van der Waals surface area contributed by atoms with E-state index in [2.05, 4.69) is 49.7 Å².